The fourth-order valence-corrected chi connectivity index (χ4v) is 1.64. The molecule has 1 atom stereocenters. The van der Waals surface area contributed by atoms with Crippen molar-refractivity contribution in [1.82, 2.24) is 20.1 Å². The van der Waals surface area contributed by atoms with Crippen molar-refractivity contribution in [2.75, 3.05) is 0 Å². The summed E-state index contributed by atoms with van der Waals surface area (Å²) in [5.74, 6) is 1.62. The SMILES string of the molecule is Cc1nc(CNC(C)c2cnn(C)c2)oc1C. The molecule has 5 heteroatoms. The molecule has 2 aromatic rings. The van der Waals surface area contributed by atoms with Crippen molar-refractivity contribution in [3.63, 3.8) is 0 Å². The van der Waals surface area contributed by atoms with Crippen LogP contribution < -0.4 is 5.32 Å². The van der Waals surface area contributed by atoms with Gasteiger partial charge in [0.25, 0.3) is 0 Å². The number of aromatic nitrogens is 3. The third-order valence-corrected chi connectivity index (χ3v) is 2.86. The normalized spacial score (nSPS) is 12.9. The first-order valence-corrected chi connectivity index (χ1v) is 5.71. The van der Waals surface area contributed by atoms with Gasteiger partial charge in [0.1, 0.15) is 5.76 Å². The van der Waals surface area contributed by atoms with E-state index >= 15 is 0 Å². The summed E-state index contributed by atoms with van der Waals surface area (Å²) in [6.07, 6.45) is 3.87. The van der Waals surface area contributed by atoms with Gasteiger partial charge in [-0.05, 0) is 20.8 Å². The van der Waals surface area contributed by atoms with Gasteiger partial charge in [0.15, 0.2) is 0 Å². The fourth-order valence-electron chi connectivity index (χ4n) is 1.64. The van der Waals surface area contributed by atoms with Gasteiger partial charge in [0, 0.05) is 24.8 Å². The molecule has 92 valence electrons. The largest absolute Gasteiger partial charge is 0.444 e. The second-order valence-electron chi connectivity index (χ2n) is 4.30. The van der Waals surface area contributed by atoms with Crippen LogP contribution in [-0.4, -0.2) is 14.8 Å². The van der Waals surface area contributed by atoms with Crippen LogP contribution in [-0.2, 0) is 13.6 Å². The maximum Gasteiger partial charge on any atom is 0.208 e. The summed E-state index contributed by atoms with van der Waals surface area (Å²) in [7, 11) is 1.91. The summed E-state index contributed by atoms with van der Waals surface area (Å²) in [5.41, 5.74) is 2.11. The first-order valence-electron chi connectivity index (χ1n) is 5.71. The fraction of sp³-hybridized carbons (Fsp3) is 0.500. The molecule has 2 rings (SSSR count). The number of aryl methyl sites for hydroxylation is 3. The highest BCUT2D eigenvalue weighted by Crippen LogP contribution is 2.13. The lowest BCUT2D eigenvalue weighted by molar-refractivity contribution is 0.432. The van der Waals surface area contributed by atoms with Gasteiger partial charge in [-0.3, -0.25) is 4.68 Å². The van der Waals surface area contributed by atoms with Crippen molar-refractivity contribution in [2.24, 2.45) is 7.05 Å². The molecule has 0 radical (unpaired) electrons. The lowest BCUT2D eigenvalue weighted by Crippen LogP contribution is -2.17. The zero-order valence-corrected chi connectivity index (χ0v) is 10.7. The van der Waals surface area contributed by atoms with Crippen molar-refractivity contribution in [2.45, 2.75) is 33.4 Å². The van der Waals surface area contributed by atoms with Gasteiger partial charge in [0.05, 0.1) is 18.4 Å². The third kappa shape index (κ3) is 2.74. The average Bonchev–Trinajstić information content (AvgIpc) is 2.83. The Balaban J connectivity index is 1.94. The van der Waals surface area contributed by atoms with Crippen molar-refractivity contribution in [3.05, 3.63) is 35.3 Å². The average molecular weight is 234 g/mol. The van der Waals surface area contributed by atoms with Gasteiger partial charge in [-0.15, -0.1) is 0 Å². The molecule has 2 aromatic heterocycles. The first kappa shape index (κ1) is 11.9. The lowest BCUT2D eigenvalue weighted by atomic mass is 10.2. The molecule has 0 aliphatic heterocycles. The Labute approximate surface area is 101 Å². The summed E-state index contributed by atoms with van der Waals surface area (Å²) >= 11 is 0. The summed E-state index contributed by atoms with van der Waals surface area (Å²) in [6, 6.07) is 0.233. The molecule has 0 bridgehead atoms. The second kappa shape index (κ2) is 4.71. The third-order valence-electron chi connectivity index (χ3n) is 2.86. The standard InChI is InChI=1S/C12H18N4O/c1-8-10(3)17-12(15-8)6-13-9(2)11-5-14-16(4)7-11/h5,7,9,13H,6H2,1-4H3. The molecule has 5 nitrogen and oxygen atoms in total. The molecule has 0 aromatic carbocycles. The van der Waals surface area contributed by atoms with Gasteiger partial charge < -0.3 is 9.73 Å². The van der Waals surface area contributed by atoms with Gasteiger partial charge in [-0.1, -0.05) is 0 Å². The lowest BCUT2D eigenvalue weighted by Gasteiger charge is -2.09. The van der Waals surface area contributed by atoms with E-state index in [0.717, 1.165) is 22.9 Å². The quantitative estimate of drug-likeness (QED) is 0.877. The molecule has 1 unspecified atom stereocenters. The molecule has 0 saturated heterocycles. The van der Waals surface area contributed by atoms with Crippen LogP contribution in [0.4, 0.5) is 0 Å². The van der Waals surface area contributed by atoms with Crippen molar-refractivity contribution < 1.29 is 4.42 Å². The van der Waals surface area contributed by atoms with Gasteiger partial charge in [0.2, 0.25) is 5.89 Å². The minimum Gasteiger partial charge on any atom is -0.444 e. The van der Waals surface area contributed by atoms with Crippen molar-refractivity contribution in [1.29, 1.82) is 0 Å². The van der Waals surface area contributed by atoms with Crippen LogP contribution in [0.1, 0.15) is 35.9 Å². The Kier molecular flexibility index (Phi) is 3.28. The second-order valence-corrected chi connectivity index (χ2v) is 4.30. The summed E-state index contributed by atoms with van der Waals surface area (Å²) < 4.78 is 7.31. The highest BCUT2D eigenvalue weighted by Gasteiger charge is 2.10. The summed E-state index contributed by atoms with van der Waals surface area (Å²) in [4.78, 5) is 4.33. The number of hydrogen-bond donors (Lipinski definition) is 1. The molecular formula is C12H18N4O. The van der Waals surface area contributed by atoms with Gasteiger partial charge in [-0.2, -0.15) is 5.10 Å². The van der Waals surface area contributed by atoms with Gasteiger partial charge in [-0.25, -0.2) is 4.98 Å². The van der Waals surface area contributed by atoms with Crippen LogP contribution in [0.25, 0.3) is 0 Å². The Morgan fingerprint density at radius 3 is 2.76 bits per heavy atom. The van der Waals surface area contributed by atoms with E-state index in [0.29, 0.717) is 6.54 Å². The van der Waals surface area contributed by atoms with E-state index in [9.17, 15) is 0 Å². The minimum absolute atomic E-state index is 0.233. The van der Waals surface area contributed by atoms with E-state index in [1.165, 1.54) is 0 Å². The van der Waals surface area contributed by atoms with Crippen LogP contribution in [0.3, 0.4) is 0 Å². The Hall–Kier alpha value is -1.62. The molecule has 0 saturated carbocycles. The molecule has 2 heterocycles. The molecule has 0 amide bonds. The maximum absolute atomic E-state index is 5.51. The molecule has 17 heavy (non-hydrogen) atoms. The zero-order valence-electron chi connectivity index (χ0n) is 10.7. The maximum atomic E-state index is 5.51. The smallest absolute Gasteiger partial charge is 0.208 e. The molecular weight excluding hydrogens is 216 g/mol. The van der Waals surface area contributed by atoms with Crippen molar-refractivity contribution >= 4 is 0 Å². The Morgan fingerprint density at radius 1 is 1.47 bits per heavy atom. The van der Waals surface area contributed by atoms with Crippen LogP contribution in [0.15, 0.2) is 16.8 Å². The van der Waals surface area contributed by atoms with E-state index in [-0.39, 0.29) is 6.04 Å². The number of oxazole rings is 1. The molecule has 0 aliphatic carbocycles. The highest BCUT2D eigenvalue weighted by molar-refractivity contribution is 5.09. The summed E-state index contributed by atoms with van der Waals surface area (Å²) in [6.45, 7) is 6.60. The van der Waals surface area contributed by atoms with Crippen LogP contribution in [0.5, 0.6) is 0 Å². The van der Waals surface area contributed by atoms with Gasteiger partial charge >= 0.3 is 0 Å². The van der Waals surface area contributed by atoms with Crippen LogP contribution >= 0.6 is 0 Å². The predicted molar refractivity (Wildman–Crippen MR) is 64.4 cm³/mol. The number of nitrogens with zero attached hydrogens (tertiary/aromatic N) is 3. The number of hydrogen-bond acceptors (Lipinski definition) is 4. The van der Waals surface area contributed by atoms with E-state index in [4.69, 9.17) is 4.42 Å². The highest BCUT2D eigenvalue weighted by atomic mass is 16.4. The van der Waals surface area contributed by atoms with Crippen LogP contribution in [0.2, 0.25) is 0 Å². The number of rotatable bonds is 4. The molecule has 0 aliphatic rings. The molecule has 0 spiro atoms. The molecule has 0 fully saturated rings. The Bertz CT molecular complexity index is 481. The molecule has 1 N–H and O–H groups in total. The van der Waals surface area contributed by atoms with E-state index < -0.39 is 0 Å². The van der Waals surface area contributed by atoms with E-state index in [2.05, 4.69) is 22.3 Å². The van der Waals surface area contributed by atoms with Crippen molar-refractivity contribution in [3.8, 4) is 0 Å². The zero-order chi connectivity index (χ0) is 12.4. The first-order chi connectivity index (χ1) is 8.06. The summed E-state index contributed by atoms with van der Waals surface area (Å²) in [5, 5.41) is 7.51. The number of nitrogens with one attached hydrogen (secondary N) is 1. The Morgan fingerprint density at radius 2 is 2.24 bits per heavy atom. The monoisotopic (exact) mass is 234 g/mol. The minimum atomic E-state index is 0.233. The van der Waals surface area contributed by atoms with E-state index in [1.807, 2.05) is 33.3 Å². The topological polar surface area (TPSA) is 55.9 Å². The van der Waals surface area contributed by atoms with E-state index in [1.54, 1.807) is 4.68 Å². The van der Waals surface area contributed by atoms with Crippen LogP contribution in [0, 0.1) is 13.8 Å². The predicted octanol–water partition coefficient (Wildman–Crippen LogP) is 1.88.